The second-order valence-corrected chi connectivity index (χ2v) is 6.11. The average Bonchev–Trinajstić information content (AvgIpc) is 2.50. The molecule has 0 N–H and O–H groups in total. The molecule has 0 aliphatic carbocycles. The van der Waals surface area contributed by atoms with E-state index in [1.54, 1.807) is 18.5 Å². The third-order valence-electron chi connectivity index (χ3n) is 3.68. The Morgan fingerprint density at radius 2 is 1.95 bits per heavy atom. The zero-order valence-electron chi connectivity index (χ0n) is 12.0. The molecule has 0 fully saturated rings. The molecule has 1 aromatic carbocycles. The minimum atomic E-state index is -0.159. The van der Waals surface area contributed by atoms with E-state index in [2.05, 4.69) is 30.8 Å². The van der Waals surface area contributed by atoms with Crippen LogP contribution in [0, 0.1) is 5.82 Å². The second kappa shape index (κ2) is 5.60. The van der Waals surface area contributed by atoms with E-state index in [1.165, 1.54) is 6.07 Å². The summed E-state index contributed by atoms with van der Waals surface area (Å²) in [6, 6.07) is 3.29. The van der Waals surface area contributed by atoms with E-state index in [0.717, 1.165) is 40.2 Å². The van der Waals surface area contributed by atoms with Crippen LogP contribution in [0.3, 0.4) is 0 Å². The highest BCUT2D eigenvalue weighted by atomic mass is 79.9. The van der Waals surface area contributed by atoms with E-state index in [0.29, 0.717) is 6.54 Å². The SMILES string of the molecule is CN(C)c1nccnc1N1CCc2c(Br)ccc(F)c2C1. The van der Waals surface area contributed by atoms with Crippen molar-refractivity contribution < 1.29 is 4.39 Å². The Hall–Kier alpha value is -1.69. The first-order valence-corrected chi connectivity index (χ1v) is 7.56. The van der Waals surface area contributed by atoms with Crippen molar-refractivity contribution in [1.29, 1.82) is 0 Å². The lowest BCUT2D eigenvalue weighted by molar-refractivity contribution is 0.585. The Morgan fingerprint density at radius 1 is 1.19 bits per heavy atom. The molecule has 0 radical (unpaired) electrons. The summed E-state index contributed by atoms with van der Waals surface area (Å²) in [5.41, 5.74) is 1.80. The van der Waals surface area contributed by atoms with Gasteiger partial charge in [0.2, 0.25) is 0 Å². The summed E-state index contributed by atoms with van der Waals surface area (Å²) in [5.74, 6) is 1.44. The summed E-state index contributed by atoms with van der Waals surface area (Å²) in [5, 5.41) is 0. The maximum absolute atomic E-state index is 14.1. The molecule has 2 aromatic rings. The highest BCUT2D eigenvalue weighted by Gasteiger charge is 2.24. The summed E-state index contributed by atoms with van der Waals surface area (Å²) in [6.45, 7) is 1.31. The van der Waals surface area contributed by atoms with E-state index in [4.69, 9.17) is 0 Å². The van der Waals surface area contributed by atoms with E-state index in [-0.39, 0.29) is 5.82 Å². The van der Waals surface area contributed by atoms with Crippen LogP contribution in [0.1, 0.15) is 11.1 Å². The van der Waals surface area contributed by atoms with Crippen LogP contribution in [0.15, 0.2) is 29.0 Å². The third-order valence-corrected chi connectivity index (χ3v) is 4.42. The Kier molecular flexibility index (Phi) is 3.80. The number of fused-ring (bicyclic) bond motifs is 1. The molecule has 21 heavy (non-hydrogen) atoms. The lowest BCUT2D eigenvalue weighted by atomic mass is 9.99. The number of benzene rings is 1. The van der Waals surface area contributed by atoms with Crippen LogP contribution in [-0.4, -0.2) is 30.6 Å². The molecule has 0 amide bonds. The fourth-order valence-corrected chi connectivity index (χ4v) is 3.21. The van der Waals surface area contributed by atoms with Crippen LogP contribution in [0.4, 0.5) is 16.0 Å². The molecule has 3 rings (SSSR count). The monoisotopic (exact) mass is 350 g/mol. The van der Waals surface area contributed by atoms with Crippen LogP contribution in [0.5, 0.6) is 0 Å². The third kappa shape index (κ3) is 2.60. The van der Waals surface area contributed by atoms with Gasteiger partial charge in [-0.15, -0.1) is 0 Å². The van der Waals surface area contributed by atoms with Gasteiger partial charge in [-0.25, -0.2) is 14.4 Å². The second-order valence-electron chi connectivity index (χ2n) is 5.26. The highest BCUT2D eigenvalue weighted by Crippen LogP contribution is 2.32. The molecule has 0 unspecified atom stereocenters. The first-order chi connectivity index (χ1) is 10.1. The van der Waals surface area contributed by atoms with Gasteiger partial charge in [0.15, 0.2) is 11.6 Å². The quantitative estimate of drug-likeness (QED) is 0.833. The Labute approximate surface area is 131 Å². The Morgan fingerprint density at radius 3 is 2.71 bits per heavy atom. The van der Waals surface area contributed by atoms with Crippen LogP contribution in [0.25, 0.3) is 0 Å². The van der Waals surface area contributed by atoms with Crippen molar-refractivity contribution in [3.05, 3.63) is 45.9 Å². The minimum Gasteiger partial charge on any atom is -0.360 e. The molecule has 6 heteroatoms. The lowest BCUT2D eigenvalue weighted by Crippen LogP contribution is -2.33. The first-order valence-electron chi connectivity index (χ1n) is 6.77. The molecule has 0 atom stereocenters. The molecule has 1 aliphatic rings. The highest BCUT2D eigenvalue weighted by molar-refractivity contribution is 9.10. The number of rotatable bonds is 2. The number of aromatic nitrogens is 2. The summed E-state index contributed by atoms with van der Waals surface area (Å²) in [7, 11) is 3.87. The van der Waals surface area contributed by atoms with Gasteiger partial charge in [-0.05, 0) is 24.1 Å². The summed E-state index contributed by atoms with van der Waals surface area (Å²) in [6.07, 6.45) is 4.14. The maximum atomic E-state index is 14.1. The summed E-state index contributed by atoms with van der Waals surface area (Å²) >= 11 is 3.51. The van der Waals surface area contributed by atoms with Gasteiger partial charge in [-0.3, -0.25) is 0 Å². The smallest absolute Gasteiger partial charge is 0.172 e. The maximum Gasteiger partial charge on any atom is 0.172 e. The van der Waals surface area contributed by atoms with Crippen molar-refractivity contribution in [2.45, 2.75) is 13.0 Å². The molecule has 110 valence electrons. The Balaban J connectivity index is 1.99. The molecule has 1 aliphatic heterocycles. The zero-order chi connectivity index (χ0) is 15.0. The van der Waals surface area contributed by atoms with Crippen molar-refractivity contribution in [1.82, 2.24) is 9.97 Å². The van der Waals surface area contributed by atoms with Crippen LogP contribution in [0.2, 0.25) is 0 Å². The van der Waals surface area contributed by atoms with Crippen molar-refractivity contribution >= 4 is 27.6 Å². The van der Waals surface area contributed by atoms with Crippen molar-refractivity contribution in [2.75, 3.05) is 30.4 Å². The fraction of sp³-hybridized carbons (Fsp3) is 0.333. The molecule has 0 saturated carbocycles. The number of hydrogen-bond acceptors (Lipinski definition) is 4. The molecular formula is C15H16BrFN4. The molecule has 0 bridgehead atoms. The van der Waals surface area contributed by atoms with E-state index < -0.39 is 0 Å². The van der Waals surface area contributed by atoms with Gasteiger partial charge in [-0.2, -0.15) is 0 Å². The molecular weight excluding hydrogens is 335 g/mol. The topological polar surface area (TPSA) is 32.3 Å². The molecule has 1 aromatic heterocycles. The molecule has 2 heterocycles. The van der Waals surface area contributed by atoms with Crippen molar-refractivity contribution in [3.63, 3.8) is 0 Å². The minimum absolute atomic E-state index is 0.159. The largest absolute Gasteiger partial charge is 0.360 e. The number of hydrogen-bond donors (Lipinski definition) is 0. The predicted molar refractivity (Wildman–Crippen MR) is 85.2 cm³/mol. The van der Waals surface area contributed by atoms with Crippen molar-refractivity contribution in [3.8, 4) is 0 Å². The Bertz CT molecular complexity index is 675. The van der Waals surface area contributed by atoms with E-state index in [9.17, 15) is 4.39 Å². The van der Waals surface area contributed by atoms with Gasteiger partial charge in [-0.1, -0.05) is 15.9 Å². The lowest BCUT2D eigenvalue weighted by Gasteiger charge is -2.32. The van der Waals surface area contributed by atoms with Gasteiger partial charge in [0.1, 0.15) is 5.82 Å². The number of halogens is 2. The summed E-state index contributed by atoms with van der Waals surface area (Å²) in [4.78, 5) is 12.8. The van der Waals surface area contributed by atoms with Crippen LogP contribution >= 0.6 is 15.9 Å². The van der Waals surface area contributed by atoms with Gasteiger partial charge in [0, 0.05) is 49.6 Å². The standard InChI is InChI=1S/C15H16BrFN4/c1-20(2)14-15(19-7-6-18-14)21-8-5-10-11(9-21)13(17)4-3-12(10)16/h3-4,6-7H,5,8-9H2,1-2H3. The molecule has 0 saturated heterocycles. The van der Waals surface area contributed by atoms with E-state index >= 15 is 0 Å². The van der Waals surface area contributed by atoms with Crippen LogP contribution < -0.4 is 9.80 Å². The number of anilines is 2. The van der Waals surface area contributed by atoms with Gasteiger partial charge in [0.25, 0.3) is 0 Å². The molecule has 4 nitrogen and oxygen atoms in total. The fourth-order valence-electron chi connectivity index (χ4n) is 2.64. The van der Waals surface area contributed by atoms with Gasteiger partial charge < -0.3 is 9.80 Å². The van der Waals surface area contributed by atoms with Gasteiger partial charge >= 0.3 is 0 Å². The van der Waals surface area contributed by atoms with E-state index in [1.807, 2.05) is 19.0 Å². The number of nitrogens with zero attached hydrogens (tertiary/aromatic N) is 4. The molecule has 0 spiro atoms. The average molecular weight is 351 g/mol. The normalized spacial score (nSPS) is 14.0. The van der Waals surface area contributed by atoms with Gasteiger partial charge in [0.05, 0.1) is 0 Å². The zero-order valence-corrected chi connectivity index (χ0v) is 13.6. The summed E-state index contributed by atoms with van der Waals surface area (Å²) < 4.78 is 15.1. The predicted octanol–water partition coefficient (Wildman–Crippen LogP) is 3.01. The first kappa shape index (κ1) is 14.3. The van der Waals surface area contributed by atoms with Crippen LogP contribution in [-0.2, 0) is 13.0 Å². The van der Waals surface area contributed by atoms with Crippen molar-refractivity contribution in [2.24, 2.45) is 0 Å².